The van der Waals surface area contributed by atoms with E-state index in [-0.39, 0.29) is 23.5 Å². The third-order valence-electron chi connectivity index (χ3n) is 9.01. The van der Waals surface area contributed by atoms with E-state index in [1.165, 1.54) is 36.1 Å². The second-order valence-corrected chi connectivity index (χ2v) is 12.9. The molecule has 3 fully saturated rings. The van der Waals surface area contributed by atoms with Crippen LogP contribution in [0, 0.1) is 11.2 Å². The second kappa shape index (κ2) is 10.9. The van der Waals surface area contributed by atoms with Crippen molar-refractivity contribution < 1.29 is 23.5 Å². The quantitative estimate of drug-likeness (QED) is 0.361. The molecule has 8 heteroatoms. The van der Waals surface area contributed by atoms with Gasteiger partial charge in [-0.15, -0.1) is 0 Å². The number of hydrogen-bond acceptors (Lipinski definition) is 7. The standard InChI is InChI=1S/C33H42FN3O4/c1-5-39-31(38)32(4)12-14-37(15-13-32)30-18-33(41-35-30)20-36(21-33)19-25-16-27(23-6-7-23)28(17-29(25)40-22(2)3)24-8-10-26(34)11-9-24/h8-11,16-17,22-23H,5-7,12-15,18-21H2,1-4H3. The molecule has 2 aromatic rings. The summed E-state index contributed by atoms with van der Waals surface area (Å²) in [5.74, 6) is 2.13. The van der Waals surface area contributed by atoms with E-state index in [0.717, 1.165) is 74.7 Å². The number of carbonyl (C=O) groups excluding carboxylic acids is 1. The molecule has 0 atom stereocenters. The van der Waals surface area contributed by atoms with Crippen LogP contribution in [0.3, 0.4) is 0 Å². The molecule has 1 spiro atoms. The predicted octanol–water partition coefficient (Wildman–Crippen LogP) is 6.11. The molecule has 1 aliphatic carbocycles. The molecule has 220 valence electrons. The van der Waals surface area contributed by atoms with E-state index in [2.05, 4.69) is 40.9 Å². The van der Waals surface area contributed by atoms with E-state index in [4.69, 9.17) is 14.3 Å². The van der Waals surface area contributed by atoms with Crippen molar-refractivity contribution in [2.24, 2.45) is 10.6 Å². The van der Waals surface area contributed by atoms with Gasteiger partial charge in [-0.3, -0.25) is 9.69 Å². The van der Waals surface area contributed by atoms with Crippen LogP contribution in [0.1, 0.15) is 76.8 Å². The highest BCUT2D eigenvalue weighted by Gasteiger charge is 2.51. The fourth-order valence-corrected chi connectivity index (χ4v) is 6.47. The van der Waals surface area contributed by atoms with Crippen molar-refractivity contribution >= 4 is 11.8 Å². The lowest BCUT2D eigenvalue weighted by atomic mass is 9.80. The molecule has 1 saturated carbocycles. The Labute approximate surface area is 242 Å². The second-order valence-electron chi connectivity index (χ2n) is 12.9. The first-order valence-corrected chi connectivity index (χ1v) is 15.2. The molecule has 0 radical (unpaired) electrons. The molecule has 3 heterocycles. The van der Waals surface area contributed by atoms with Crippen LogP contribution in [-0.2, 0) is 20.9 Å². The molecule has 41 heavy (non-hydrogen) atoms. The van der Waals surface area contributed by atoms with Gasteiger partial charge < -0.3 is 19.2 Å². The topological polar surface area (TPSA) is 63.6 Å². The van der Waals surface area contributed by atoms with Gasteiger partial charge in [0, 0.05) is 38.3 Å². The summed E-state index contributed by atoms with van der Waals surface area (Å²) in [6, 6.07) is 11.3. The Hall–Kier alpha value is -3.13. The first kappa shape index (κ1) is 28.0. The number of likely N-dealkylation sites (tertiary alicyclic amines) is 2. The van der Waals surface area contributed by atoms with Crippen molar-refractivity contribution in [2.45, 2.75) is 84.0 Å². The van der Waals surface area contributed by atoms with Crippen molar-refractivity contribution in [3.05, 3.63) is 53.3 Å². The lowest BCUT2D eigenvalue weighted by molar-refractivity contribution is -0.156. The first-order chi connectivity index (χ1) is 19.7. The predicted molar refractivity (Wildman–Crippen MR) is 156 cm³/mol. The number of esters is 1. The van der Waals surface area contributed by atoms with Gasteiger partial charge in [0.2, 0.25) is 0 Å². The zero-order valence-corrected chi connectivity index (χ0v) is 24.7. The minimum absolute atomic E-state index is 0.0497. The SMILES string of the molecule is CCOC(=O)C1(C)CCN(C2=NOC3(C2)CN(Cc2cc(C4CC4)c(-c4ccc(F)cc4)cc2OC(C)C)C3)CC1. The zero-order valence-electron chi connectivity index (χ0n) is 24.7. The summed E-state index contributed by atoms with van der Waals surface area (Å²) >= 11 is 0. The highest BCUT2D eigenvalue weighted by molar-refractivity contribution is 5.85. The van der Waals surface area contributed by atoms with E-state index >= 15 is 0 Å². The molecule has 2 aromatic carbocycles. The van der Waals surface area contributed by atoms with Crippen molar-refractivity contribution in [2.75, 3.05) is 32.8 Å². The summed E-state index contributed by atoms with van der Waals surface area (Å²) < 4.78 is 25.3. The Morgan fingerprint density at radius 2 is 1.85 bits per heavy atom. The van der Waals surface area contributed by atoms with Gasteiger partial charge in [0.05, 0.1) is 24.5 Å². The lowest BCUT2D eigenvalue weighted by Gasteiger charge is -2.46. The van der Waals surface area contributed by atoms with Crippen LogP contribution in [0.2, 0.25) is 0 Å². The number of ether oxygens (including phenoxy) is 2. The lowest BCUT2D eigenvalue weighted by Crippen LogP contribution is -2.61. The van der Waals surface area contributed by atoms with E-state index < -0.39 is 5.41 Å². The Bertz CT molecular complexity index is 1310. The third kappa shape index (κ3) is 5.81. The van der Waals surface area contributed by atoms with Crippen LogP contribution in [-0.4, -0.2) is 66.1 Å². The molecular weight excluding hydrogens is 521 g/mol. The maximum Gasteiger partial charge on any atom is 0.311 e. The third-order valence-corrected chi connectivity index (χ3v) is 9.01. The summed E-state index contributed by atoms with van der Waals surface area (Å²) in [5, 5.41) is 4.51. The summed E-state index contributed by atoms with van der Waals surface area (Å²) in [6.45, 7) is 12.4. The van der Waals surface area contributed by atoms with Crippen LogP contribution in [0.5, 0.6) is 5.75 Å². The average Bonchev–Trinajstić information content (AvgIpc) is 3.68. The molecule has 0 aromatic heterocycles. The maximum atomic E-state index is 13.7. The van der Waals surface area contributed by atoms with Gasteiger partial charge in [0.25, 0.3) is 0 Å². The molecular formula is C33H42FN3O4. The van der Waals surface area contributed by atoms with Gasteiger partial charge in [-0.1, -0.05) is 17.3 Å². The first-order valence-electron chi connectivity index (χ1n) is 15.2. The van der Waals surface area contributed by atoms with Crippen molar-refractivity contribution in [1.29, 1.82) is 0 Å². The normalized spacial score (nSPS) is 21.4. The number of carbonyl (C=O) groups is 1. The highest BCUT2D eigenvalue weighted by Crippen LogP contribution is 2.47. The van der Waals surface area contributed by atoms with Crippen LogP contribution in [0.25, 0.3) is 11.1 Å². The number of oxime groups is 1. The minimum atomic E-state index is -0.418. The molecule has 0 N–H and O–H groups in total. The summed E-state index contributed by atoms with van der Waals surface area (Å²) in [5.41, 5.74) is 4.00. The van der Waals surface area contributed by atoms with Crippen molar-refractivity contribution in [1.82, 2.24) is 9.80 Å². The number of benzene rings is 2. The maximum absolute atomic E-state index is 13.7. The van der Waals surface area contributed by atoms with E-state index in [9.17, 15) is 9.18 Å². The van der Waals surface area contributed by atoms with Crippen LogP contribution < -0.4 is 4.74 Å². The Kier molecular flexibility index (Phi) is 7.47. The number of rotatable bonds is 8. The van der Waals surface area contributed by atoms with Crippen LogP contribution in [0.15, 0.2) is 41.6 Å². The van der Waals surface area contributed by atoms with Crippen molar-refractivity contribution in [3.8, 4) is 16.9 Å². The Morgan fingerprint density at radius 1 is 1.15 bits per heavy atom. The zero-order chi connectivity index (χ0) is 28.8. The number of halogens is 1. The van der Waals surface area contributed by atoms with Gasteiger partial charge in [-0.2, -0.15) is 0 Å². The monoisotopic (exact) mass is 563 g/mol. The fourth-order valence-electron chi connectivity index (χ4n) is 6.47. The number of amidine groups is 1. The molecule has 0 unspecified atom stereocenters. The summed E-state index contributed by atoms with van der Waals surface area (Å²) in [7, 11) is 0. The number of piperidine rings is 1. The molecule has 2 saturated heterocycles. The van der Waals surface area contributed by atoms with Gasteiger partial charge in [-0.25, -0.2) is 4.39 Å². The largest absolute Gasteiger partial charge is 0.491 e. The summed E-state index contributed by atoms with van der Waals surface area (Å²) in [4.78, 5) is 23.2. The molecule has 3 aliphatic heterocycles. The molecule has 6 rings (SSSR count). The fraction of sp³-hybridized carbons (Fsp3) is 0.576. The van der Waals surface area contributed by atoms with Crippen LogP contribution >= 0.6 is 0 Å². The van der Waals surface area contributed by atoms with Gasteiger partial charge >= 0.3 is 5.97 Å². The Morgan fingerprint density at radius 3 is 2.49 bits per heavy atom. The van der Waals surface area contributed by atoms with E-state index in [0.29, 0.717) is 12.5 Å². The Balaban J connectivity index is 1.11. The average molecular weight is 564 g/mol. The highest BCUT2D eigenvalue weighted by atomic mass is 19.1. The number of hydrogen-bond donors (Lipinski definition) is 0. The number of nitrogens with zero attached hydrogens (tertiary/aromatic N) is 3. The molecule has 0 amide bonds. The smallest absolute Gasteiger partial charge is 0.311 e. The summed E-state index contributed by atoms with van der Waals surface area (Å²) in [6.07, 6.45) is 4.75. The van der Waals surface area contributed by atoms with Gasteiger partial charge in [0.15, 0.2) is 5.60 Å². The van der Waals surface area contributed by atoms with Crippen LogP contribution in [0.4, 0.5) is 4.39 Å². The van der Waals surface area contributed by atoms with E-state index in [1.54, 1.807) is 0 Å². The van der Waals surface area contributed by atoms with Crippen molar-refractivity contribution in [3.63, 3.8) is 0 Å². The molecule has 0 bridgehead atoms. The van der Waals surface area contributed by atoms with Gasteiger partial charge in [-0.05, 0) is 100 Å². The van der Waals surface area contributed by atoms with Gasteiger partial charge in [0.1, 0.15) is 17.4 Å². The molecule has 4 aliphatic rings. The minimum Gasteiger partial charge on any atom is -0.491 e. The van der Waals surface area contributed by atoms with E-state index in [1.807, 2.05) is 26.0 Å². The molecule has 7 nitrogen and oxygen atoms in total.